The van der Waals surface area contributed by atoms with E-state index in [2.05, 4.69) is 26.6 Å². The van der Waals surface area contributed by atoms with Gasteiger partial charge >= 0.3 is 5.97 Å². The van der Waals surface area contributed by atoms with Crippen LogP contribution in [0.3, 0.4) is 0 Å². The van der Waals surface area contributed by atoms with Crippen molar-refractivity contribution < 1.29 is 9.53 Å². The van der Waals surface area contributed by atoms with Gasteiger partial charge in [0.05, 0.1) is 20.2 Å². The molecule has 1 unspecified atom stereocenters. The summed E-state index contributed by atoms with van der Waals surface area (Å²) >= 11 is 0. The Morgan fingerprint density at radius 3 is 2.21 bits per heavy atom. The Bertz CT molecular complexity index is 173. The molecule has 2 nitrogen and oxygen atoms in total. The van der Waals surface area contributed by atoms with E-state index in [0.717, 1.165) is 19.3 Å². The Labute approximate surface area is 89.0 Å². The summed E-state index contributed by atoms with van der Waals surface area (Å²) in [4.78, 5) is 11.7. The second-order valence-electron chi connectivity index (χ2n) is 4.81. The van der Waals surface area contributed by atoms with Gasteiger partial charge in [0.15, 0.2) is 0 Å². The van der Waals surface area contributed by atoms with Gasteiger partial charge in [0, 0.05) is 0 Å². The van der Waals surface area contributed by atoms with E-state index >= 15 is 0 Å². The Kier molecular flexibility index (Phi) is 6.08. The molecule has 0 amide bonds. The van der Waals surface area contributed by atoms with Gasteiger partial charge < -0.3 is 4.74 Å². The van der Waals surface area contributed by atoms with Crippen LogP contribution in [0.4, 0.5) is 0 Å². The molecule has 1 atom stereocenters. The molecule has 0 aliphatic carbocycles. The van der Waals surface area contributed by atoms with Crippen LogP contribution in [0.2, 0.25) is 25.2 Å². The standard InChI is InChI=1S/C11H24O2Si/c1-6-8-9-10(14(3,4)5)11(12)13-7-2/h10H,6-9H2,1-5H3. The van der Waals surface area contributed by atoms with Crippen LogP contribution < -0.4 is 0 Å². The molecule has 3 heteroatoms. The monoisotopic (exact) mass is 216 g/mol. The third-order valence-electron chi connectivity index (χ3n) is 2.46. The van der Waals surface area contributed by atoms with Gasteiger partial charge in [-0.3, -0.25) is 4.79 Å². The summed E-state index contributed by atoms with van der Waals surface area (Å²) in [5.41, 5.74) is 0.183. The quantitative estimate of drug-likeness (QED) is 0.502. The molecule has 0 saturated carbocycles. The predicted molar refractivity (Wildman–Crippen MR) is 63.3 cm³/mol. The summed E-state index contributed by atoms with van der Waals surface area (Å²) in [6, 6.07) is 0. The van der Waals surface area contributed by atoms with Crippen LogP contribution in [0.25, 0.3) is 0 Å². The molecule has 0 heterocycles. The summed E-state index contributed by atoms with van der Waals surface area (Å²) in [5, 5.41) is 0. The maximum absolute atomic E-state index is 11.7. The minimum absolute atomic E-state index is 0.0279. The highest BCUT2D eigenvalue weighted by molar-refractivity contribution is 6.80. The van der Waals surface area contributed by atoms with Crippen molar-refractivity contribution in [3.63, 3.8) is 0 Å². The molecule has 0 radical (unpaired) electrons. The Hall–Kier alpha value is -0.313. The highest BCUT2D eigenvalue weighted by atomic mass is 28.3. The van der Waals surface area contributed by atoms with E-state index in [1.807, 2.05) is 6.92 Å². The van der Waals surface area contributed by atoms with Gasteiger partial charge in [-0.15, -0.1) is 0 Å². The zero-order valence-corrected chi connectivity index (χ0v) is 11.2. The summed E-state index contributed by atoms with van der Waals surface area (Å²) in [5.74, 6) is 0.0279. The first-order valence-corrected chi connectivity index (χ1v) is 9.17. The zero-order valence-electron chi connectivity index (χ0n) is 10.2. The zero-order chi connectivity index (χ0) is 11.2. The molecule has 0 aliphatic heterocycles. The van der Waals surface area contributed by atoms with Crippen molar-refractivity contribution in [2.24, 2.45) is 0 Å². The SMILES string of the molecule is CCCCC(C(=O)OCC)[Si](C)(C)C. The fraction of sp³-hybridized carbons (Fsp3) is 0.909. The third kappa shape index (κ3) is 4.79. The van der Waals surface area contributed by atoms with Crippen LogP contribution in [-0.4, -0.2) is 20.7 Å². The second-order valence-corrected chi connectivity index (χ2v) is 10.2. The predicted octanol–water partition coefficient (Wildman–Crippen LogP) is 3.45. The van der Waals surface area contributed by atoms with Crippen LogP contribution in [0.1, 0.15) is 33.1 Å². The molecule has 0 aromatic heterocycles. The van der Waals surface area contributed by atoms with Crippen molar-refractivity contribution in [2.75, 3.05) is 6.61 Å². The molecule has 14 heavy (non-hydrogen) atoms. The lowest BCUT2D eigenvalue weighted by Crippen LogP contribution is -2.34. The van der Waals surface area contributed by atoms with Crippen molar-refractivity contribution in [1.82, 2.24) is 0 Å². The molecule has 0 aromatic carbocycles. The van der Waals surface area contributed by atoms with Gasteiger partial charge in [0.25, 0.3) is 0 Å². The van der Waals surface area contributed by atoms with Crippen molar-refractivity contribution in [3.05, 3.63) is 0 Å². The maximum atomic E-state index is 11.7. The first-order chi connectivity index (χ1) is 6.43. The maximum Gasteiger partial charge on any atom is 0.306 e. The molecule has 0 rings (SSSR count). The molecule has 0 spiro atoms. The summed E-state index contributed by atoms with van der Waals surface area (Å²) < 4.78 is 5.12. The topological polar surface area (TPSA) is 26.3 Å². The van der Waals surface area contributed by atoms with Gasteiger partial charge in [-0.25, -0.2) is 0 Å². The van der Waals surface area contributed by atoms with E-state index in [0.29, 0.717) is 6.61 Å². The fourth-order valence-electron chi connectivity index (χ4n) is 1.56. The summed E-state index contributed by atoms with van der Waals surface area (Å²) in [7, 11) is -1.40. The van der Waals surface area contributed by atoms with E-state index < -0.39 is 8.07 Å². The van der Waals surface area contributed by atoms with E-state index in [1.54, 1.807) is 0 Å². The second kappa shape index (κ2) is 6.22. The minimum Gasteiger partial charge on any atom is -0.466 e. The molecule has 0 aliphatic rings. The lowest BCUT2D eigenvalue weighted by Gasteiger charge is -2.26. The number of unbranched alkanes of at least 4 members (excludes halogenated alkanes) is 1. The number of hydrogen-bond donors (Lipinski definition) is 0. The number of esters is 1. The van der Waals surface area contributed by atoms with Crippen LogP contribution in [0.5, 0.6) is 0 Å². The number of ether oxygens (including phenoxy) is 1. The minimum atomic E-state index is -1.40. The summed E-state index contributed by atoms with van der Waals surface area (Å²) in [6.07, 6.45) is 3.29. The van der Waals surface area contributed by atoms with E-state index in [4.69, 9.17) is 4.74 Å². The van der Waals surface area contributed by atoms with E-state index in [1.165, 1.54) is 0 Å². The largest absolute Gasteiger partial charge is 0.466 e. The number of carbonyl (C=O) groups is 1. The smallest absolute Gasteiger partial charge is 0.306 e. The van der Waals surface area contributed by atoms with Crippen molar-refractivity contribution >= 4 is 14.0 Å². The number of rotatable bonds is 6. The van der Waals surface area contributed by atoms with E-state index in [9.17, 15) is 4.79 Å². The van der Waals surface area contributed by atoms with Crippen molar-refractivity contribution in [2.45, 2.75) is 58.3 Å². The lowest BCUT2D eigenvalue weighted by molar-refractivity contribution is -0.143. The lowest BCUT2D eigenvalue weighted by atomic mass is 10.2. The Morgan fingerprint density at radius 2 is 1.86 bits per heavy atom. The van der Waals surface area contributed by atoms with Gasteiger partial charge in [-0.1, -0.05) is 39.4 Å². The normalized spacial score (nSPS) is 13.8. The first-order valence-electron chi connectivity index (χ1n) is 5.60. The molecular weight excluding hydrogens is 192 g/mol. The molecule has 0 aromatic rings. The van der Waals surface area contributed by atoms with Crippen molar-refractivity contribution in [1.29, 1.82) is 0 Å². The molecule has 0 N–H and O–H groups in total. The molecule has 84 valence electrons. The Balaban J connectivity index is 4.31. The molecule has 0 bridgehead atoms. The van der Waals surface area contributed by atoms with Crippen LogP contribution in [-0.2, 0) is 9.53 Å². The van der Waals surface area contributed by atoms with Gasteiger partial charge in [0.2, 0.25) is 0 Å². The van der Waals surface area contributed by atoms with Crippen molar-refractivity contribution in [3.8, 4) is 0 Å². The van der Waals surface area contributed by atoms with Gasteiger partial charge in [0.1, 0.15) is 0 Å². The highest BCUT2D eigenvalue weighted by Gasteiger charge is 2.33. The highest BCUT2D eigenvalue weighted by Crippen LogP contribution is 2.28. The Morgan fingerprint density at radius 1 is 1.29 bits per heavy atom. The third-order valence-corrected chi connectivity index (χ3v) is 5.08. The summed E-state index contributed by atoms with van der Waals surface area (Å²) in [6.45, 7) is 11.3. The van der Waals surface area contributed by atoms with Crippen LogP contribution in [0.15, 0.2) is 0 Å². The van der Waals surface area contributed by atoms with Gasteiger partial charge in [-0.2, -0.15) is 0 Å². The van der Waals surface area contributed by atoms with Gasteiger partial charge in [-0.05, 0) is 13.3 Å². The number of hydrogen-bond acceptors (Lipinski definition) is 2. The van der Waals surface area contributed by atoms with Crippen LogP contribution >= 0.6 is 0 Å². The molecular formula is C11H24O2Si. The molecule has 0 fully saturated rings. The fourth-order valence-corrected chi connectivity index (χ4v) is 3.42. The average molecular weight is 216 g/mol. The number of carbonyl (C=O) groups excluding carboxylic acids is 1. The average Bonchev–Trinajstić information content (AvgIpc) is 2.03. The van der Waals surface area contributed by atoms with Crippen LogP contribution in [0, 0.1) is 0 Å². The molecule has 0 saturated heterocycles. The first kappa shape index (κ1) is 13.7. The van der Waals surface area contributed by atoms with E-state index in [-0.39, 0.29) is 11.5 Å².